The molecular formula is C16H20N4O3S. The normalized spacial score (nSPS) is 17.2. The standard InChI is InChI=1S/C16H20N4O3S/c1-10-3-5-13(8-15(10)24(2,22)23)19-16(21)18-12-6-4-11-9-17-20-14(11)7-12/h3,5,8-9,12H,4,6-7H2,1-2H3,(H,17,20)(H2,18,19,21)/t12-/m1/s1. The van der Waals surface area contributed by atoms with Crippen LogP contribution in [-0.4, -0.2) is 36.9 Å². The number of H-pyrrole nitrogens is 1. The van der Waals surface area contributed by atoms with Gasteiger partial charge in [-0.2, -0.15) is 5.10 Å². The van der Waals surface area contributed by atoms with Crippen molar-refractivity contribution in [2.75, 3.05) is 11.6 Å². The molecule has 0 radical (unpaired) electrons. The van der Waals surface area contributed by atoms with Gasteiger partial charge in [-0.15, -0.1) is 0 Å². The first-order valence-electron chi connectivity index (χ1n) is 7.72. The minimum atomic E-state index is -3.33. The molecule has 1 atom stereocenters. The number of hydrogen-bond acceptors (Lipinski definition) is 4. The fourth-order valence-electron chi connectivity index (χ4n) is 2.96. The summed E-state index contributed by atoms with van der Waals surface area (Å²) in [6, 6.07) is 4.54. The van der Waals surface area contributed by atoms with Crippen molar-refractivity contribution in [2.24, 2.45) is 0 Å². The van der Waals surface area contributed by atoms with E-state index in [4.69, 9.17) is 0 Å². The van der Waals surface area contributed by atoms with E-state index in [1.807, 2.05) is 6.20 Å². The second kappa shape index (κ2) is 6.27. The van der Waals surface area contributed by atoms with Crippen LogP contribution in [0.5, 0.6) is 0 Å². The van der Waals surface area contributed by atoms with Gasteiger partial charge in [0.05, 0.1) is 11.1 Å². The van der Waals surface area contributed by atoms with Crippen molar-refractivity contribution in [3.05, 3.63) is 41.2 Å². The predicted molar refractivity (Wildman–Crippen MR) is 90.8 cm³/mol. The molecule has 1 aromatic carbocycles. The highest BCUT2D eigenvalue weighted by Crippen LogP contribution is 2.21. The quantitative estimate of drug-likeness (QED) is 0.787. The number of urea groups is 1. The monoisotopic (exact) mass is 348 g/mol. The Labute approximate surface area is 140 Å². The van der Waals surface area contributed by atoms with Gasteiger partial charge in [0.15, 0.2) is 9.84 Å². The predicted octanol–water partition coefficient (Wildman–Crippen LogP) is 1.80. The summed E-state index contributed by atoms with van der Waals surface area (Å²) in [6.45, 7) is 1.73. The molecule has 0 saturated heterocycles. The molecule has 2 aromatic rings. The number of anilines is 1. The van der Waals surface area contributed by atoms with Crippen molar-refractivity contribution < 1.29 is 13.2 Å². The van der Waals surface area contributed by atoms with Crippen molar-refractivity contribution in [3.8, 4) is 0 Å². The van der Waals surface area contributed by atoms with Crippen molar-refractivity contribution in [1.82, 2.24) is 15.5 Å². The number of carbonyl (C=O) groups is 1. The molecule has 8 heteroatoms. The molecule has 0 saturated carbocycles. The molecule has 24 heavy (non-hydrogen) atoms. The Morgan fingerprint density at radius 1 is 1.38 bits per heavy atom. The lowest BCUT2D eigenvalue weighted by molar-refractivity contribution is 0.247. The van der Waals surface area contributed by atoms with Crippen molar-refractivity contribution in [1.29, 1.82) is 0 Å². The van der Waals surface area contributed by atoms with E-state index in [0.29, 0.717) is 17.7 Å². The van der Waals surface area contributed by atoms with Gasteiger partial charge in [0.25, 0.3) is 0 Å². The number of sulfone groups is 1. The van der Waals surface area contributed by atoms with Gasteiger partial charge in [0, 0.05) is 30.1 Å². The van der Waals surface area contributed by atoms with Gasteiger partial charge < -0.3 is 10.6 Å². The highest BCUT2D eigenvalue weighted by Gasteiger charge is 2.21. The summed E-state index contributed by atoms with van der Waals surface area (Å²) >= 11 is 0. The van der Waals surface area contributed by atoms with Crippen LogP contribution in [0.1, 0.15) is 23.2 Å². The maximum absolute atomic E-state index is 12.2. The molecule has 3 N–H and O–H groups in total. The number of amides is 2. The Morgan fingerprint density at radius 3 is 2.92 bits per heavy atom. The average molecular weight is 348 g/mol. The van der Waals surface area contributed by atoms with Gasteiger partial charge in [0.1, 0.15) is 0 Å². The molecule has 0 bridgehead atoms. The first-order chi connectivity index (χ1) is 11.3. The molecule has 1 aliphatic rings. The lowest BCUT2D eigenvalue weighted by Crippen LogP contribution is -2.41. The Hall–Kier alpha value is -2.35. The van der Waals surface area contributed by atoms with Crippen LogP contribution in [0.4, 0.5) is 10.5 Å². The van der Waals surface area contributed by atoms with E-state index in [2.05, 4.69) is 20.8 Å². The minimum absolute atomic E-state index is 0.0257. The highest BCUT2D eigenvalue weighted by molar-refractivity contribution is 7.90. The zero-order valence-electron chi connectivity index (χ0n) is 13.6. The molecule has 2 amide bonds. The maximum Gasteiger partial charge on any atom is 0.319 e. The fraction of sp³-hybridized carbons (Fsp3) is 0.375. The highest BCUT2D eigenvalue weighted by atomic mass is 32.2. The zero-order chi connectivity index (χ0) is 17.3. The van der Waals surface area contributed by atoms with E-state index in [9.17, 15) is 13.2 Å². The average Bonchev–Trinajstić information content (AvgIpc) is 2.95. The van der Waals surface area contributed by atoms with Crippen LogP contribution in [0.25, 0.3) is 0 Å². The molecule has 0 spiro atoms. The first-order valence-corrected chi connectivity index (χ1v) is 9.61. The Bertz CT molecular complexity index is 873. The maximum atomic E-state index is 12.2. The number of aromatic nitrogens is 2. The molecule has 3 rings (SSSR count). The number of aryl methyl sites for hydroxylation is 2. The van der Waals surface area contributed by atoms with Gasteiger partial charge in [-0.3, -0.25) is 5.10 Å². The van der Waals surface area contributed by atoms with Crippen molar-refractivity contribution in [2.45, 2.75) is 37.1 Å². The zero-order valence-corrected chi connectivity index (χ0v) is 14.4. The molecule has 1 aromatic heterocycles. The molecule has 1 heterocycles. The molecule has 0 unspecified atom stereocenters. The van der Waals surface area contributed by atoms with Gasteiger partial charge in [-0.25, -0.2) is 13.2 Å². The Balaban J connectivity index is 1.66. The number of hydrogen-bond donors (Lipinski definition) is 3. The second-order valence-electron chi connectivity index (χ2n) is 6.16. The third kappa shape index (κ3) is 3.59. The number of fused-ring (bicyclic) bond motifs is 1. The van der Waals surface area contributed by atoms with E-state index in [0.717, 1.165) is 24.8 Å². The summed E-state index contributed by atoms with van der Waals surface area (Å²) in [6.07, 6.45) is 5.42. The second-order valence-corrected chi connectivity index (χ2v) is 8.15. The fourth-order valence-corrected chi connectivity index (χ4v) is 3.96. The number of nitrogens with one attached hydrogen (secondary N) is 3. The summed E-state index contributed by atoms with van der Waals surface area (Å²) in [5.74, 6) is 0. The number of nitrogens with zero attached hydrogens (tertiary/aromatic N) is 1. The van der Waals surface area contributed by atoms with E-state index in [1.54, 1.807) is 19.1 Å². The van der Waals surface area contributed by atoms with E-state index >= 15 is 0 Å². The van der Waals surface area contributed by atoms with Crippen LogP contribution >= 0.6 is 0 Å². The summed E-state index contributed by atoms with van der Waals surface area (Å²) in [4.78, 5) is 12.4. The van der Waals surface area contributed by atoms with E-state index < -0.39 is 9.84 Å². The Morgan fingerprint density at radius 2 is 2.17 bits per heavy atom. The lowest BCUT2D eigenvalue weighted by atomic mass is 9.94. The summed E-state index contributed by atoms with van der Waals surface area (Å²) in [5, 5.41) is 12.6. The van der Waals surface area contributed by atoms with Crippen LogP contribution in [0.3, 0.4) is 0 Å². The van der Waals surface area contributed by atoms with Crippen molar-refractivity contribution in [3.63, 3.8) is 0 Å². The van der Waals surface area contributed by atoms with Gasteiger partial charge in [0.2, 0.25) is 0 Å². The smallest absolute Gasteiger partial charge is 0.319 e. The van der Waals surface area contributed by atoms with Crippen molar-refractivity contribution >= 4 is 21.6 Å². The number of carbonyl (C=O) groups excluding carboxylic acids is 1. The Kier molecular flexibility index (Phi) is 4.31. The van der Waals surface area contributed by atoms with Crippen LogP contribution < -0.4 is 10.6 Å². The topological polar surface area (TPSA) is 104 Å². The number of aromatic amines is 1. The number of benzene rings is 1. The van der Waals surface area contributed by atoms with Crippen LogP contribution in [0, 0.1) is 6.92 Å². The SMILES string of the molecule is Cc1ccc(NC(=O)N[C@@H]2CCc3cn[nH]c3C2)cc1S(C)(=O)=O. The molecule has 0 fully saturated rings. The molecule has 1 aliphatic carbocycles. The van der Waals surface area contributed by atoms with E-state index in [1.165, 1.54) is 11.6 Å². The third-order valence-corrected chi connectivity index (χ3v) is 5.44. The largest absolute Gasteiger partial charge is 0.335 e. The third-order valence-electron chi connectivity index (χ3n) is 4.20. The van der Waals surface area contributed by atoms with Gasteiger partial charge >= 0.3 is 6.03 Å². The summed E-state index contributed by atoms with van der Waals surface area (Å²) < 4.78 is 23.5. The van der Waals surface area contributed by atoms with E-state index in [-0.39, 0.29) is 17.0 Å². The molecular weight excluding hydrogens is 328 g/mol. The minimum Gasteiger partial charge on any atom is -0.335 e. The lowest BCUT2D eigenvalue weighted by Gasteiger charge is -2.23. The molecule has 7 nitrogen and oxygen atoms in total. The van der Waals surface area contributed by atoms with Crippen LogP contribution in [0.2, 0.25) is 0 Å². The summed E-state index contributed by atoms with van der Waals surface area (Å²) in [5.41, 5.74) is 3.37. The molecule has 0 aliphatic heterocycles. The first kappa shape index (κ1) is 16.5. The summed E-state index contributed by atoms with van der Waals surface area (Å²) in [7, 11) is -3.33. The van der Waals surface area contributed by atoms with Crippen LogP contribution in [0.15, 0.2) is 29.3 Å². The van der Waals surface area contributed by atoms with Gasteiger partial charge in [-0.1, -0.05) is 6.07 Å². The number of rotatable bonds is 3. The molecule has 128 valence electrons. The van der Waals surface area contributed by atoms with Gasteiger partial charge in [-0.05, 0) is 43.0 Å². The van der Waals surface area contributed by atoms with Crippen LogP contribution in [-0.2, 0) is 22.7 Å².